The molecule has 1 N–H and O–H groups in total. The van der Waals surface area contributed by atoms with Crippen molar-refractivity contribution in [1.29, 1.82) is 0 Å². The van der Waals surface area contributed by atoms with Crippen LogP contribution in [0.5, 0.6) is 0 Å². The molecule has 3 aromatic rings. The van der Waals surface area contributed by atoms with E-state index in [1.54, 1.807) is 6.07 Å². The van der Waals surface area contributed by atoms with Crippen molar-refractivity contribution in [3.05, 3.63) is 53.7 Å². The summed E-state index contributed by atoms with van der Waals surface area (Å²) >= 11 is 0. The van der Waals surface area contributed by atoms with Crippen LogP contribution < -0.4 is 4.90 Å². The van der Waals surface area contributed by atoms with Crippen molar-refractivity contribution in [2.24, 2.45) is 0 Å². The predicted molar refractivity (Wildman–Crippen MR) is 125 cm³/mol. The molecule has 0 spiro atoms. The van der Waals surface area contributed by atoms with Gasteiger partial charge in [-0.1, -0.05) is 6.07 Å². The van der Waals surface area contributed by atoms with Gasteiger partial charge in [-0.15, -0.1) is 0 Å². The molecule has 1 amide bonds. The fourth-order valence-electron chi connectivity index (χ4n) is 4.42. The van der Waals surface area contributed by atoms with Crippen molar-refractivity contribution < 1.29 is 27.9 Å². The highest BCUT2D eigenvalue weighted by Gasteiger charge is 2.38. The summed E-state index contributed by atoms with van der Waals surface area (Å²) in [4.78, 5) is 35.3. The number of hydrogen-bond acceptors (Lipinski definition) is 6. The molecule has 2 aliphatic heterocycles. The molecule has 9 nitrogen and oxygen atoms in total. The largest absolute Gasteiger partial charge is 0.490 e. The molecule has 1 unspecified atom stereocenters. The second-order valence-electron chi connectivity index (χ2n) is 8.91. The Morgan fingerprint density at radius 1 is 1.03 bits per heavy atom. The summed E-state index contributed by atoms with van der Waals surface area (Å²) < 4.78 is 33.6. The minimum absolute atomic E-state index is 0.00140. The summed E-state index contributed by atoms with van der Waals surface area (Å²) in [5, 5.41) is 11.9. The smallest absolute Gasteiger partial charge is 0.475 e. The first-order valence-corrected chi connectivity index (χ1v) is 11.8. The summed E-state index contributed by atoms with van der Waals surface area (Å²) in [5.74, 6) is -1.77. The fraction of sp³-hybridized carbons (Fsp3) is 0.458. The second kappa shape index (κ2) is 10.5. The molecule has 0 radical (unpaired) electrons. The van der Waals surface area contributed by atoms with Gasteiger partial charge >= 0.3 is 12.1 Å². The van der Waals surface area contributed by atoms with Gasteiger partial charge in [-0.25, -0.2) is 19.3 Å². The normalized spacial score (nSPS) is 18.2. The molecule has 5 heterocycles. The first-order chi connectivity index (χ1) is 17.1. The lowest BCUT2D eigenvalue weighted by molar-refractivity contribution is -0.192. The third-order valence-electron chi connectivity index (χ3n) is 6.23. The summed E-state index contributed by atoms with van der Waals surface area (Å²) in [6.07, 6.45) is 1.46. The molecule has 0 bridgehead atoms. The van der Waals surface area contributed by atoms with E-state index in [9.17, 15) is 18.0 Å². The second-order valence-corrected chi connectivity index (χ2v) is 8.91. The summed E-state index contributed by atoms with van der Waals surface area (Å²) in [7, 11) is 0. The zero-order valence-electron chi connectivity index (χ0n) is 19.8. The number of anilines is 1. The zero-order valence-corrected chi connectivity index (χ0v) is 19.8. The van der Waals surface area contributed by atoms with Crippen LogP contribution in [0, 0.1) is 6.92 Å². The van der Waals surface area contributed by atoms with E-state index in [2.05, 4.69) is 22.1 Å². The number of piperidine rings is 1. The van der Waals surface area contributed by atoms with Gasteiger partial charge in [-0.2, -0.15) is 18.3 Å². The van der Waals surface area contributed by atoms with Gasteiger partial charge in [0.15, 0.2) is 11.5 Å². The molecule has 5 rings (SSSR count). The van der Waals surface area contributed by atoms with Gasteiger partial charge in [0, 0.05) is 37.8 Å². The van der Waals surface area contributed by atoms with E-state index in [0.29, 0.717) is 12.2 Å². The first-order valence-electron chi connectivity index (χ1n) is 11.8. The van der Waals surface area contributed by atoms with Crippen LogP contribution in [0.2, 0.25) is 0 Å². The van der Waals surface area contributed by atoms with Crippen LogP contribution in [0.25, 0.3) is 5.65 Å². The number of carboxylic acids is 1. The van der Waals surface area contributed by atoms with E-state index >= 15 is 0 Å². The highest BCUT2D eigenvalue weighted by atomic mass is 19.4. The number of aliphatic carboxylic acids is 1. The van der Waals surface area contributed by atoms with Crippen molar-refractivity contribution >= 4 is 23.2 Å². The average Bonchev–Trinajstić information content (AvgIpc) is 3.53. The van der Waals surface area contributed by atoms with Crippen molar-refractivity contribution in [2.75, 3.05) is 31.1 Å². The van der Waals surface area contributed by atoms with Gasteiger partial charge in [0.25, 0.3) is 5.91 Å². The van der Waals surface area contributed by atoms with Crippen LogP contribution in [0.1, 0.15) is 53.6 Å². The number of carboxylic acid groups (broad SMARTS) is 1. The fourth-order valence-corrected chi connectivity index (χ4v) is 4.42. The van der Waals surface area contributed by atoms with Crippen LogP contribution >= 0.6 is 0 Å². The van der Waals surface area contributed by atoms with E-state index in [1.165, 1.54) is 18.5 Å². The molecular formula is C24H27F3N6O3. The van der Waals surface area contributed by atoms with Crippen LogP contribution in [0.4, 0.5) is 18.9 Å². The number of nitrogens with zero attached hydrogens (tertiary/aromatic N) is 6. The van der Waals surface area contributed by atoms with Crippen LogP contribution in [-0.4, -0.2) is 73.8 Å². The zero-order chi connectivity index (χ0) is 25.9. The Kier molecular flexibility index (Phi) is 7.41. The maximum absolute atomic E-state index is 12.9. The van der Waals surface area contributed by atoms with Gasteiger partial charge < -0.3 is 14.9 Å². The van der Waals surface area contributed by atoms with Crippen LogP contribution in [0.3, 0.4) is 0 Å². The molecule has 2 saturated heterocycles. The number of fused-ring (bicyclic) bond motifs is 1. The Morgan fingerprint density at radius 3 is 2.42 bits per heavy atom. The highest BCUT2D eigenvalue weighted by Crippen LogP contribution is 2.27. The van der Waals surface area contributed by atoms with Crippen molar-refractivity contribution in [3.8, 4) is 0 Å². The number of alkyl halides is 3. The number of amides is 1. The molecule has 0 saturated carbocycles. The Labute approximate surface area is 205 Å². The number of rotatable bonds is 3. The summed E-state index contributed by atoms with van der Waals surface area (Å²) in [6.45, 7) is 5.54. The van der Waals surface area contributed by atoms with Crippen LogP contribution in [-0.2, 0) is 4.79 Å². The molecular weight excluding hydrogens is 477 g/mol. The topological polar surface area (TPSA) is 104 Å². The van der Waals surface area contributed by atoms with Crippen molar-refractivity contribution in [2.45, 2.75) is 44.7 Å². The first kappa shape index (κ1) is 25.4. The third-order valence-corrected chi connectivity index (χ3v) is 6.23. The number of pyridine rings is 2. The quantitative estimate of drug-likeness (QED) is 0.580. The molecule has 12 heteroatoms. The van der Waals surface area contributed by atoms with E-state index in [-0.39, 0.29) is 11.8 Å². The van der Waals surface area contributed by atoms with E-state index in [0.717, 1.165) is 49.6 Å². The molecule has 0 aliphatic carbocycles. The monoisotopic (exact) mass is 504 g/mol. The molecule has 2 fully saturated rings. The van der Waals surface area contributed by atoms with E-state index in [4.69, 9.17) is 20.0 Å². The summed E-state index contributed by atoms with van der Waals surface area (Å²) in [5.41, 5.74) is 3.45. The van der Waals surface area contributed by atoms with Crippen LogP contribution in [0.15, 0.2) is 36.5 Å². The highest BCUT2D eigenvalue weighted by molar-refractivity contribution is 5.92. The van der Waals surface area contributed by atoms with Gasteiger partial charge in [0.05, 0.1) is 11.9 Å². The molecule has 0 aromatic carbocycles. The molecule has 1 atom stereocenters. The van der Waals surface area contributed by atoms with Gasteiger partial charge in [0.1, 0.15) is 5.69 Å². The van der Waals surface area contributed by atoms with Crippen molar-refractivity contribution in [3.63, 3.8) is 0 Å². The Hall–Kier alpha value is -3.70. The number of hydrogen-bond donors (Lipinski definition) is 1. The van der Waals surface area contributed by atoms with Crippen molar-refractivity contribution in [1.82, 2.24) is 24.5 Å². The van der Waals surface area contributed by atoms with Gasteiger partial charge in [0.2, 0.25) is 0 Å². The van der Waals surface area contributed by atoms with E-state index < -0.39 is 12.1 Å². The molecule has 192 valence electrons. The maximum Gasteiger partial charge on any atom is 0.490 e. The SMILES string of the molecule is Cc1cccc(C(=O)N2CCCC(c3nc4ccc(N5CCCC5)cn4n3)C2)n1.O=C(O)C(F)(F)F. The lowest BCUT2D eigenvalue weighted by Gasteiger charge is -2.31. The average molecular weight is 505 g/mol. The Morgan fingerprint density at radius 2 is 1.75 bits per heavy atom. The van der Waals surface area contributed by atoms with Gasteiger partial charge in [-0.3, -0.25) is 4.79 Å². The third kappa shape index (κ3) is 5.92. The maximum atomic E-state index is 12.9. The summed E-state index contributed by atoms with van der Waals surface area (Å²) in [6, 6.07) is 9.78. The minimum Gasteiger partial charge on any atom is -0.475 e. The lowest BCUT2D eigenvalue weighted by atomic mass is 9.97. The molecule has 2 aliphatic rings. The Balaban J connectivity index is 0.000000384. The number of halogens is 3. The Bertz CT molecular complexity index is 1240. The molecule has 36 heavy (non-hydrogen) atoms. The number of carbonyl (C=O) groups excluding carboxylic acids is 1. The number of aromatic nitrogens is 4. The van der Waals surface area contributed by atoms with E-state index in [1.807, 2.05) is 34.5 Å². The number of carbonyl (C=O) groups is 2. The predicted octanol–water partition coefficient (Wildman–Crippen LogP) is 3.69. The number of likely N-dealkylation sites (tertiary alicyclic amines) is 1. The molecule has 3 aromatic heterocycles. The standard InChI is InChI=1S/C22H26N6O.C2HF3O2/c1-16-6-4-8-19(23-16)22(29)27-13-5-7-17(14-27)21-24-20-10-9-18(15-28(20)25-21)26-11-2-3-12-26;3-2(4,5)1(6)7/h4,6,8-10,15,17H,2-3,5,7,11-14H2,1H3;(H,6,7). The lowest BCUT2D eigenvalue weighted by Crippen LogP contribution is -2.39. The minimum atomic E-state index is -5.08. The van der Waals surface area contributed by atoms with Gasteiger partial charge in [-0.05, 0) is 56.9 Å². The number of aryl methyl sites for hydroxylation is 1.